The van der Waals surface area contributed by atoms with Gasteiger partial charge in [-0.3, -0.25) is 4.79 Å². The van der Waals surface area contributed by atoms with Crippen molar-refractivity contribution in [3.8, 4) is 0 Å². The van der Waals surface area contributed by atoms with Crippen molar-refractivity contribution in [2.24, 2.45) is 0 Å². The minimum Gasteiger partial charge on any atom is -0.287 e. The van der Waals surface area contributed by atoms with Crippen LogP contribution in [0.3, 0.4) is 0 Å². The first-order chi connectivity index (χ1) is 14.3. The van der Waals surface area contributed by atoms with Crippen molar-refractivity contribution >= 4 is 16.9 Å². The van der Waals surface area contributed by atoms with E-state index < -0.39 is 0 Å². The largest absolute Gasteiger partial charge is 0.287 e. The van der Waals surface area contributed by atoms with Crippen molar-refractivity contribution in [1.29, 1.82) is 0 Å². The van der Waals surface area contributed by atoms with E-state index in [0.717, 1.165) is 18.6 Å². The van der Waals surface area contributed by atoms with Crippen LogP contribution in [0.15, 0.2) is 0 Å². The molecule has 0 amide bonds. The molecule has 0 aliphatic heterocycles. The molecule has 0 saturated heterocycles. The van der Waals surface area contributed by atoms with E-state index in [1.54, 1.807) is 11.8 Å². The second kappa shape index (κ2) is 26.1. The van der Waals surface area contributed by atoms with Crippen molar-refractivity contribution < 1.29 is 4.79 Å². The summed E-state index contributed by atoms with van der Waals surface area (Å²) in [7, 11) is 0. The lowest BCUT2D eigenvalue weighted by atomic mass is 10.1. The van der Waals surface area contributed by atoms with Gasteiger partial charge >= 0.3 is 0 Å². The van der Waals surface area contributed by atoms with E-state index in [-0.39, 0.29) is 0 Å². The molecule has 0 aromatic heterocycles. The number of rotatable bonds is 24. The Kier molecular flexibility index (Phi) is 26.1. The fourth-order valence-electron chi connectivity index (χ4n) is 3.96. The summed E-state index contributed by atoms with van der Waals surface area (Å²) >= 11 is 1.60. The molecule has 0 N–H and O–H groups in total. The summed E-state index contributed by atoms with van der Waals surface area (Å²) in [5, 5.41) is 0.438. The standard InChI is InChI=1S/C27H54OS/c1-3-5-7-9-11-13-15-17-19-21-23-25-27(28)29-26-24-22-20-18-16-14-12-10-8-6-4-2/h3-26H2,1-2H3. The van der Waals surface area contributed by atoms with Crippen molar-refractivity contribution in [1.82, 2.24) is 0 Å². The van der Waals surface area contributed by atoms with Gasteiger partial charge in [-0.15, -0.1) is 0 Å². The molecule has 1 nitrogen and oxygen atoms in total. The Balaban J connectivity index is 3.13. The molecule has 0 aliphatic carbocycles. The first-order valence-electron chi connectivity index (χ1n) is 13.5. The Morgan fingerprint density at radius 1 is 0.448 bits per heavy atom. The maximum atomic E-state index is 11.9. The van der Waals surface area contributed by atoms with Gasteiger partial charge in [0.1, 0.15) is 0 Å². The Hall–Kier alpha value is 0.0200. The van der Waals surface area contributed by atoms with Gasteiger partial charge in [-0.1, -0.05) is 154 Å². The number of hydrogen-bond donors (Lipinski definition) is 0. The van der Waals surface area contributed by atoms with Crippen LogP contribution >= 0.6 is 11.8 Å². The molecule has 0 rings (SSSR count). The topological polar surface area (TPSA) is 17.1 Å². The quantitative estimate of drug-likeness (QED) is 0.143. The number of carbonyl (C=O) groups is 1. The molecule has 0 spiro atoms. The van der Waals surface area contributed by atoms with Gasteiger partial charge < -0.3 is 0 Å². The molecule has 174 valence electrons. The molecular weight excluding hydrogens is 372 g/mol. The Morgan fingerprint density at radius 3 is 1.14 bits per heavy atom. The molecule has 29 heavy (non-hydrogen) atoms. The summed E-state index contributed by atoms with van der Waals surface area (Å²) in [6, 6.07) is 0. The Bertz CT molecular complexity index is 316. The van der Waals surface area contributed by atoms with Crippen LogP contribution in [0.1, 0.15) is 162 Å². The van der Waals surface area contributed by atoms with Crippen LogP contribution in [0.2, 0.25) is 0 Å². The van der Waals surface area contributed by atoms with E-state index in [4.69, 9.17) is 0 Å². The summed E-state index contributed by atoms with van der Waals surface area (Å²) in [5.41, 5.74) is 0. The van der Waals surface area contributed by atoms with Crippen LogP contribution in [-0.2, 0) is 4.79 Å². The lowest BCUT2D eigenvalue weighted by Crippen LogP contribution is -1.94. The average Bonchev–Trinajstić information content (AvgIpc) is 2.72. The molecular formula is C27H54OS. The molecule has 0 unspecified atom stereocenters. The van der Waals surface area contributed by atoms with Crippen LogP contribution < -0.4 is 0 Å². The maximum Gasteiger partial charge on any atom is 0.188 e. The molecule has 0 fully saturated rings. The summed E-state index contributed by atoms with van der Waals surface area (Å²) in [6.07, 6.45) is 30.9. The second-order valence-electron chi connectivity index (χ2n) is 9.04. The minimum atomic E-state index is 0.438. The number of thioether (sulfide) groups is 1. The summed E-state index contributed by atoms with van der Waals surface area (Å²) < 4.78 is 0. The smallest absolute Gasteiger partial charge is 0.188 e. The van der Waals surface area contributed by atoms with Gasteiger partial charge in [0.15, 0.2) is 5.12 Å². The minimum absolute atomic E-state index is 0.438. The SMILES string of the molecule is CCCCCCCCCCCCCSC(=O)CCCCCCCCCCCCC. The van der Waals surface area contributed by atoms with Crippen LogP contribution in [0.25, 0.3) is 0 Å². The number of carbonyl (C=O) groups excluding carboxylic acids is 1. The number of unbranched alkanes of at least 4 members (excludes halogenated alkanes) is 20. The Labute approximate surface area is 189 Å². The van der Waals surface area contributed by atoms with Crippen LogP contribution in [0.5, 0.6) is 0 Å². The van der Waals surface area contributed by atoms with E-state index in [1.807, 2.05) is 0 Å². The maximum absolute atomic E-state index is 11.9. The summed E-state index contributed by atoms with van der Waals surface area (Å²) in [4.78, 5) is 11.9. The molecule has 0 aliphatic rings. The molecule has 0 aromatic carbocycles. The van der Waals surface area contributed by atoms with Gasteiger partial charge in [-0.25, -0.2) is 0 Å². The lowest BCUT2D eigenvalue weighted by molar-refractivity contribution is -0.111. The van der Waals surface area contributed by atoms with E-state index in [1.165, 1.54) is 135 Å². The molecule has 0 atom stereocenters. The van der Waals surface area contributed by atoms with Crippen LogP contribution in [0, 0.1) is 0 Å². The highest BCUT2D eigenvalue weighted by molar-refractivity contribution is 8.13. The molecule has 0 heterocycles. The highest BCUT2D eigenvalue weighted by Crippen LogP contribution is 2.16. The second-order valence-corrected chi connectivity index (χ2v) is 10.2. The zero-order valence-corrected chi connectivity index (χ0v) is 21.1. The fraction of sp³-hybridized carbons (Fsp3) is 0.963. The first-order valence-corrected chi connectivity index (χ1v) is 14.5. The monoisotopic (exact) mass is 426 g/mol. The summed E-state index contributed by atoms with van der Waals surface area (Å²) in [5.74, 6) is 1.05. The molecule has 0 bridgehead atoms. The highest BCUT2D eigenvalue weighted by atomic mass is 32.2. The van der Waals surface area contributed by atoms with E-state index in [0.29, 0.717) is 5.12 Å². The summed E-state index contributed by atoms with van der Waals surface area (Å²) in [6.45, 7) is 4.56. The first kappa shape index (κ1) is 29.0. The zero-order chi connectivity index (χ0) is 21.3. The van der Waals surface area contributed by atoms with E-state index in [9.17, 15) is 4.79 Å². The third-order valence-corrected chi connectivity index (χ3v) is 7.01. The van der Waals surface area contributed by atoms with Crippen molar-refractivity contribution in [3.05, 3.63) is 0 Å². The molecule has 0 radical (unpaired) electrons. The van der Waals surface area contributed by atoms with Crippen molar-refractivity contribution in [2.75, 3.05) is 5.75 Å². The molecule has 2 heteroatoms. The van der Waals surface area contributed by atoms with Gasteiger partial charge in [0.05, 0.1) is 0 Å². The average molecular weight is 427 g/mol. The highest BCUT2D eigenvalue weighted by Gasteiger charge is 2.02. The molecule has 0 saturated carbocycles. The Morgan fingerprint density at radius 2 is 0.759 bits per heavy atom. The van der Waals surface area contributed by atoms with Crippen molar-refractivity contribution in [3.63, 3.8) is 0 Å². The van der Waals surface area contributed by atoms with Crippen LogP contribution in [0.4, 0.5) is 0 Å². The predicted molar refractivity (Wildman–Crippen MR) is 135 cm³/mol. The van der Waals surface area contributed by atoms with E-state index in [2.05, 4.69) is 13.8 Å². The van der Waals surface area contributed by atoms with Crippen molar-refractivity contribution in [2.45, 2.75) is 162 Å². The van der Waals surface area contributed by atoms with Gasteiger partial charge in [-0.05, 0) is 12.8 Å². The fourth-order valence-corrected chi connectivity index (χ4v) is 4.82. The van der Waals surface area contributed by atoms with Gasteiger partial charge in [0.25, 0.3) is 0 Å². The van der Waals surface area contributed by atoms with Crippen LogP contribution in [-0.4, -0.2) is 10.9 Å². The lowest BCUT2D eigenvalue weighted by Gasteiger charge is -2.04. The molecule has 0 aromatic rings. The normalized spacial score (nSPS) is 11.2. The third-order valence-electron chi connectivity index (χ3n) is 6.00. The van der Waals surface area contributed by atoms with Gasteiger partial charge in [-0.2, -0.15) is 0 Å². The number of hydrogen-bond acceptors (Lipinski definition) is 2. The third kappa shape index (κ3) is 26.0. The van der Waals surface area contributed by atoms with Gasteiger partial charge in [0, 0.05) is 12.2 Å². The zero-order valence-electron chi connectivity index (χ0n) is 20.3. The van der Waals surface area contributed by atoms with Gasteiger partial charge in [0.2, 0.25) is 0 Å². The van der Waals surface area contributed by atoms with E-state index >= 15 is 0 Å². The predicted octanol–water partition coefficient (Wildman–Crippen LogP) is 10.3.